The largest absolute Gasteiger partial charge is 0.444 e. The molecule has 2 saturated heterocycles. The lowest BCUT2D eigenvalue weighted by Gasteiger charge is -2.31. The molecule has 0 aliphatic carbocycles. The quantitative estimate of drug-likeness (QED) is 0.219. The Balaban J connectivity index is 1.24. The van der Waals surface area contributed by atoms with Crippen molar-refractivity contribution in [3.63, 3.8) is 0 Å². The van der Waals surface area contributed by atoms with E-state index in [0.717, 1.165) is 16.8 Å². The average Bonchev–Trinajstić information content (AvgIpc) is 3.59. The maximum Gasteiger partial charge on any atom is 0.411 e. The first-order valence-corrected chi connectivity index (χ1v) is 20.5. The van der Waals surface area contributed by atoms with Crippen LogP contribution in [-0.4, -0.2) is 78.3 Å². The highest BCUT2D eigenvalue weighted by molar-refractivity contribution is 8.01. The molecule has 0 saturated carbocycles. The van der Waals surface area contributed by atoms with Crippen molar-refractivity contribution in [1.29, 1.82) is 0 Å². The summed E-state index contributed by atoms with van der Waals surface area (Å²) in [7, 11) is 0. The second kappa shape index (κ2) is 16.4. The number of ether oxygens (including phenoxy) is 2. The van der Waals surface area contributed by atoms with Crippen molar-refractivity contribution in [3.05, 3.63) is 90.0 Å². The van der Waals surface area contributed by atoms with Gasteiger partial charge in [0.1, 0.15) is 23.3 Å². The summed E-state index contributed by atoms with van der Waals surface area (Å²) in [6, 6.07) is 24.3. The number of nitrogens with one attached hydrogen (secondary N) is 2. The van der Waals surface area contributed by atoms with Crippen LogP contribution in [0.5, 0.6) is 0 Å². The number of carbonyl (C=O) groups excluding carboxylic acids is 4. The van der Waals surface area contributed by atoms with E-state index in [0.29, 0.717) is 36.2 Å². The van der Waals surface area contributed by atoms with E-state index < -0.39 is 45.0 Å². The van der Waals surface area contributed by atoms with Crippen LogP contribution < -0.4 is 15.5 Å². The van der Waals surface area contributed by atoms with Crippen molar-refractivity contribution in [2.75, 3.05) is 27.3 Å². The molecule has 0 spiro atoms. The minimum Gasteiger partial charge on any atom is -0.444 e. The Morgan fingerprint density at radius 3 is 1.35 bits per heavy atom. The lowest BCUT2D eigenvalue weighted by Crippen LogP contribution is -2.52. The lowest BCUT2D eigenvalue weighted by molar-refractivity contribution is -0.122. The minimum absolute atomic E-state index is 0.259. The standard InChI is InChI=1S/C42H55N5O6S2/c1-39(2,3)52-37(50)46-26-54-41(7,8)33(46)35(48)43-30-20-16-28(17-21-30)24-45(32-14-12-11-13-15-32)25-29-18-22-31(23-19-29)44-36(49)34-42(9,10)55-27-47(34)38(51)53-40(4,5)6/h11-23,33-34H,24-27H2,1-10H3,(H,43,48)(H,44,49)/t33-,34-/m1/s1. The van der Waals surface area contributed by atoms with Crippen LogP contribution in [0.1, 0.15) is 80.4 Å². The molecule has 2 heterocycles. The van der Waals surface area contributed by atoms with E-state index in [-0.39, 0.29) is 11.8 Å². The third-order valence-electron chi connectivity index (χ3n) is 9.16. The summed E-state index contributed by atoms with van der Waals surface area (Å²) >= 11 is 3.10. The van der Waals surface area contributed by atoms with Crippen LogP contribution in [0.2, 0.25) is 0 Å². The van der Waals surface area contributed by atoms with Gasteiger partial charge < -0.3 is 25.0 Å². The number of nitrogens with zero attached hydrogens (tertiary/aromatic N) is 3. The lowest BCUT2D eigenvalue weighted by atomic mass is 10.0. The van der Waals surface area contributed by atoms with Crippen LogP contribution in [0.4, 0.5) is 26.7 Å². The van der Waals surface area contributed by atoms with Crippen molar-refractivity contribution in [1.82, 2.24) is 9.80 Å². The predicted octanol–water partition coefficient (Wildman–Crippen LogP) is 8.95. The van der Waals surface area contributed by atoms with E-state index in [2.05, 4.69) is 27.7 Å². The summed E-state index contributed by atoms with van der Waals surface area (Å²) in [4.78, 5) is 58.4. The van der Waals surface area contributed by atoms with Gasteiger partial charge in [0.2, 0.25) is 11.8 Å². The van der Waals surface area contributed by atoms with Crippen molar-refractivity contribution >= 4 is 64.6 Å². The molecule has 3 aromatic carbocycles. The molecule has 2 fully saturated rings. The smallest absolute Gasteiger partial charge is 0.411 e. The number of amides is 4. The van der Waals surface area contributed by atoms with Gasteiger partial charge in [-0.1, -0.05) is 42.5 Å². The predicted molar refractivity (Wildman–Crippen MR) is 223 cm³/mol. The van der Waals surface area contributed by atoms with Crippen LogP contribution in [0, 0.1) is 0 Å². The average molecular weight is 790 g/mol. The minimum atomic E-state index is -0.694. The molecule has 2 aliphatic heterocycles. The van der Waals surface area contributed by atoms with Gasteiger partial charge in [-0.2, -0.15) is 0 Å². The van der Waals surface area contributed by atoms with Gasteiger partial charge in [0, 0.05) is 39.6 Å². The molecule has 11 nitrogen and oxygen atoms in total. The highest BCUT2D eigenvalue weighted by Crippen LogP contribution is 2.41. The van der Waals surface area contributed by atoms with Crippen molar-refractivity contribution in [3.8, 4) is 0 Å². The molecule has 0 unspecified atom stereocenters. The Morgan fingerprint density at radius 2 is 1.00 bits per heavy atom. The molecule has 55 heavy (non-hydrogen) atoms. The normalized spacial score (nSPS) is 19.1. The molecule has 296 valence electrons. The van der Waals surface area contributed by atoms with Gasteiger partial charge in [-0.3, -0.25) is 19.4 Å². The number of rotatable bonds is 9. The Labute approximate surface area is 334 Å². The fraction of sp³-hybridized carbons (Fsp3) is 0.476. The number of benzene rings is 3. The van der Waals surface area contributed by atoms with Gasteiger partial charge in [0.15, 0.2) is 0 Å². The number of carbonyl (C=O) groups is 4. The van der Waals surface area contributed by atoms with E-state index in [1.807, 2.05) is 136 Å². The summed E-state index contributed by atoms with van der Waals surface area (Å²) in [6.07, 6.45) is -0.999. The summed E-state index contributed by atoms with van der Waals surface area (Å²) in [5.41, 5.74) is 3.09. The maximum atomic E-state index is 13.6. The number of thioether (sulfide) groups is 2. The van der Waals surface area contributed by atoms with Crippen LogP contribution >= 0.6 is 23.5 Å². The molecular formula is C42H55N5O6S2. The van der Waals surface area contributed by atoms with Gasteiger partial charge in [-0.25, -0.2) is 9.59 Å². The molecule has 2 atom stereocenters. The molecule has 0 aromatic heterocycles. The van der Waals surface area contributed by atoms with Gasteiger partial charge in [-0.05, 0) is 117 Å². The van der Waals surface area contributed by atoms with Crippen molar-refractivity contribution in [2.24, 2.45) is 0 Å². The summed E-state index contributed by atoms with van der Waals surface area (Å²) in [6.45, 7) is 20.0. The monoisotopic (exact) mass is 789 g/mol. The van der Waals surface area contributed by atoms with Crippen LogP contribution in [-0.2, 0) is 32.2 Å². The third-order valence-corrected chi connectivity index (χ3v) is 11.9. The summed E-state index contributed by atoms with van der Waals surface area (Å²) < 4.78 is 10.2. The third kappa shape index (κ3) is 10.9. The van der Waals surface area contributed by atoms with Gasteiger partial charge in [-0.15, -0.1) is 23.5 Å². The second-order valence-electron chi connectivity index (χ2n) is 17.0. The van der Waals surface area contributed by atoms with E-state index in [1.54, 1.807) is 23.5 Å². The number of anilines is 3. The van der Waals surface area contributed by atoms with E-state index in [4.69, 9.17) is 9.47 Å². The molecule has 13 heteroatoms. The Kier molecular flexibility index (Phi) is 12.5. The summed E-state index contributed by atoms with van der Waals surface area (Å²) in [5, 5.41) is 6.05. The molecule has 3 aromatic rings. The fourth-order valence-corrected chi connectivity index (χ4v) is 8.76. The molecule has 0 bridgehead atoms. The zero-order valence-electron chi connectivity index (χ0n) is 33.6. The molecule has 0 radical (unpaired) electrons. The molecular weight excluding hydrogens is 735 g/mol. The van der Waals surface area contributed by atoms with Crippen LogP contribution in [0.25, 0.3) is 0 Å². The number of hydrogen-bond donors (Lipinski definition) is 2. The Hall–Kier alpha value is -4.36. The zero-order chi connectivity index (χ0) is 40.3. The number of hydrogen-bond acceptors (Lipinski definition) is 9. The second-order valence-corrected chi connectivity index (χ2v) is 20.2. The molecule has 2 aliphatic rings. The van der Waals surface area contributed by atoms with Gasteiger partial charge in [0.25, 0.3) is 0 Å². The zero-order valence-corrected chi connectivity index (χ0v) is 35.2. The first-order valence-electron chi connectivity index (χ1n) is 18.5. The van der Waals surface area contributed by atoms with Gasteiger partial charge >= 0.3 is 12.2 Å². The first kappa shape index (κ1) is 41.8. The van der Waals surface area contributed by atoms with Crippen LogP contribution in [0.15, 0.2) is 78.9 Å². The first-order chi connectivity index (χ1) is 25.6. The summed E-state index contributed by atoms with van der Waals surface area (Å²) in [5.74, 6) is 0.229. The fourth-order valence-electron chi connectivity index (χ4n) is 6.53. The molecule has 2 N–H and O–H groups in total. The van der Waals surface area contributed by atoms with E-state index >= 15 is 0 Å². The van der Waals surface area contributed by atoms with Crippen LogP contribution in [0.3, 0.4) is 0 Å². The Morgan fingerprint density at radius 1 is 0.636 bits per heavy atom. The topological polar surface area (TPSA) is 121 Å². The van der Waals surface area contributed by atoms with Crippen molar-refractivity contribution < 1.29 is 28.7 Å². The highest BCUT2D eigenvalue weighted by Gasteiger charge is 2.50. The van der Waals surface area contributed by atoms with Crippen molar-refractivity contribution in [2.45, 2.75) is 115 Å². The molecule has 4 amide bonds. The number of para-hydroxylation sites is 1. The highest BCUT2D eigenvalue weighted by atomic mass is 32.2. The van der Waals surface area contributed by atoms with E-state index in [9.17, 15) is 19.2 Å². The molecule has 5 rings (SSSR count). The maximum absolute atomic E-state index is 13.6. The van der Waals surface area contributed by atoms with E-state index in [1.165, 1.54) is 9.80 Å². The van der Waals surface area contributed by atoms with Gasteiger partial charge in [0.05, 0.1) is 11.8 Å². The SMILES string of the molecule is CC(C)(C)OC(=O)N1CSC(C)(C)[C@H]1C(=O)Nc1ccc(CN(Cc2ccc(NC(=O)[C@H]3N(C(=O)OC(C)(C)C)CSC3(C)C)cc2)c2ccccc2)cc1. The Bertz CT molecular complexity index is 1720.